The van der Waals surface area contributed by atoms with E-state index in [1.165, 1.54) is 16.7 Å². The first-order valence-electron chi connectivity index (χ1n) is 8.66. The zero-order valence-corrected chi connectivity index (χ0v) is 15.8. The van der Waals surface area contributed by atoms with E-state index in [0.29, 0.717) is 17.7 Å². The van der Waals surface area contributed by atoms with Crippen molar-refractivity contribution >= 4 is 27.1 Å². The van der Waals surface area contributed by atoms with Crippen LogP contribution in [0.5, 0.6) is 0 Å². The number of benzene rings is 1. The second kappa shape index (κ2) is 7.45. The molecule has 0 bridgehead atoms. The molecule has 0 aliphatic carbocycles. The van der Waals surface area contributed by atoms with Gasteiger partial charge in [0, 0.05) is 25.0 Å². The summed E-state index contributed by atoms with van der Waals surface area (Å²) in [5.74, 6) is -0.0441. The Labute approximate surface area is 154 Å². The molecule has 1 amide bonds. The first kappa shape index (κ1) is 18.4. The molecule has 0 saturated carbocycles. The number of nitrogens with one attached hydrogen (secondary N) is 1. The van der Waals surface area contributed by atoms with E-state index >= 15 is 0 Å². The van der Waals surface area contributed by atoms with Gasteiger partial charge in [0.2, 0.25) is 0 Å². The highest BCUT2D eigenvalue weighted by atomic mass is 32.2. The van der Waals surface area contributed by atoms with Gasteiger partial charge in [0.15, 0.2) is 9.84 Å². The van der Waals surface area contributed by atoms with Crippen molar-refractivity contribution in [1.82, 2.24) is 9.88 Å². The number of carbonyl (C=O) groups is 1. The van der Waals surface area contributed by atoms with E-state index in [1.54, 1.807) is 19.3 Å². The maximum absolute atomic E-state index is 12.7. The number of hydrogen-bond donors (Lipinski definition) is 1. The molecule has 1 N–H and O–H groups in total. The first-order valence-corrected chi connectivity index (χ1v) is 10.5. The number of rotatable bonds is 5. The number of anilines is 2. The van der Waals surface area contributed by atoms with Gasteiger partial charge >= 0.3 is 0 Å². The van der Waals surface area contributed by atoms with Crippen LogP contribution in [0.25, 0.3) is 0 Å². The molecule has 7 heteroatoms. The minimum Gasteiger partial charge on any atom is -0.354 e. The van der Waals surface area contributed by atoms with E-state index in [1.807, 2.05) is 12.1 Å². The van der Waals surface area contributed by atoms with Crippen LogP contribution in [0.15, 0.2) is 42.7 Å². The Morgan fingerprint density at radius 1 is 1.23 bits per heavy atom. The van der Waals surface area contributed by atoms with Crippen LogP contribution in [-0.2, 0) is 16.3 Å². The average Bonchev–Trinajstić information content (AvgIpc) is 3.01. The zero-order chi connectivity index (χ0) is 18.7. The molecule has 1 aliphatic heterocycles. The highest BCUT2D eigenvalue weighted by Gasteiger charge is 2.33. The van der Waals surface area contributed by atoms with E-state index in [0.717, 1.165) is 12.1 Å². The number of nitrogens with zero attached hydrogens (tertiary/aromatic N) is 2. The summed E-state index contributed by atoms with van der Waals surface area (Å²) in [5, 5.41) is 3.24. The summed E-state index contributed by atoms with van der Waals surface area (Å²) in [7, 11) is -1.38. The van der Waals surface area contributed by atoms with Crippen LogP contribution in [0.1, 0.15) is 29.3 Å². The number of aromatic nitrogens is 1. The molecule has 138 valence electrons. The third-order valence-electron chi connectivity index (χ3n) is 4.71. The topological polar surface area (TPSA) is 79.4 Å². The van der Waals surface area contributed by atoms with E-state index in [9.17, 15) is 13.2 Å². The normalized spacial score (nSPS) is 18.5. The van der Waals surface area contributed by atoms with Crippen LogP contribution in [-0.4, -0.2) is 48.8 Å². The number of pyridine rings is 1. The van der Waals surface area contributed by atoms with Gasteiger partial charge in [-0.1, -0.05) is 19.1 Å². The smallest absolute Gasteiger partial charge is 0.255 e. The lowest BCUT2D eigenvalue weighted by Gasteiger charge is -2.23. The minimum absolute atomic E-state index is 0.0321. The van der Waals surface area contributed by atoms with Crippen LogP contribution in [0.3, 0.4) is 0 Å². The fraction of sp³-hybridized carbons (Fsp3) is 0.368. The average molecular weight is 373 g/mol. The standard InChI is InChI=1S/C19H23N3O3S/c1-3-14-4-6-16(7-5-14)21-17-10-15(11-20-12-17)19(23)22(2)18-8-9-26(24,25)13-18/h4-7,10-12,18,21H,3,8-9,13H2,1-2H3. The number of sulfone groups is 1. The Balaban J connectivity index is 1.72. The van der Waals surface area contributed by atoms with Crippen molar-refractivity contribution < 1.29 is 13.2 Å². The molecule has 26 heavy (non-hydrogen) atoms. The second-order valence-electron chi connectivity index (χ2n) is 6.61. The molecular formula is C19H23N3O3S. The predicted molar refractivity (Wildman–Crippen MR) is 102 cm³/mol. The molecular weight excluding hydrogens is 350 g/mol. The lowest BCUT2D eigenvalue weighted by Crippen LogP contribution is -2.37. The Hall–Kier alpha value is -2.41. The molecule has 6 nitrogen and oxygen atoms in total. The predicted octanol–water partition coefficient (Wildman–Crippen LogP) is 2.65. The van der Waals surface area contributed by atoms with Crippen molar-refractivity contribution in [2.24, 2.45) is 0 Å². The third kappa shape index (κ3) is 4.22. The van der Waals surface area contributed by atoms with Crippen LogP contribution < -0.4 is 5.32 Å². The first-order chi connectivity index (χ1) is 12.4. The van der Waals surface area contributed by atoms with Gasteiger partial charge in [-0.05, 0) is 36.6 Å². The number of hydrogen-bond acceptors (Lipinski definition) is 5. The zero-order valence-electron chi connectivity index (χ0n) is 15.0. The second-order valence-corrected chi connectivity index (χ2v) is 8.84. The molecule has 1 unspecified atom stereocenters. The van der Waals surface area contributed by atoms with Crippen LogP contribution in [0, 0.1) is 0 Å². The molecule has 1 atom stereocenters. The van der Waals surface area contributed by atoms with Crippen molar-refractivity contribution in [3.63, 3.8) is 0 Å². The molecule has 1 aromatic heterocycles. The Kier molecular flexibility index (Phi) is 5.27. The summed E-state index contributed by atoms with van der Waals surface area (Å²) in [6, 6.07) is 9.55. The summed E-state index contributed by atoms with van der Waals surface area (Å²) >= 11 is 0. The summed E-state index contributed by atoms with van der Waals surface area (Å²) in [6.07, 6.45) is 4.63. The fourth-order valence-corrected chi connectivity index (χ4v) is 4.84. The molecule has 3 rings (SSSR count). The molecule has 1 fully saturated rings. The molecule has 2 aromatic rings. The maximum Gasteiger partial charge on any atom is 0.255 e. The van der Waals surface area contributed by atoms with Gasteiger partial charge in [0.1, 0.15) is 0 Å². The highest BCUT2D eigenvalue weighted by Crippen LogP contribution is 2.21. The SMILES string of the molecule is CCc1ccc(Nc2cncc(C(=O)N(C)C3CCS(=O)(=O)C3)c2)cc1. The Bertz CT molecular complexity index is 895. The lowest BCUT2D eigenvalue weighted by atomic mass is 10.1. The lowest BCUT2D eigenvalue weighted by molar-refractivity contribution is 0.0747. The number of aryl methyl sites for hydroxylation is 1. The van der Waals surface area contributed by atoms with Crippen LogP contribution >= 0.6 is 0 Å². The van der Waals surface area contributed by atoms with E-state index < -0.39 is 9.84 Å². The molecule has 0 spiro atoms. The Morgan fingerprint density at radius 2 is 1.96 bits per heavy atom. The molecule has 1 aromatic carbocycles. The summed E-state index contributed by atoms with van der Waals surface area (Å²) in [6.45, 7) is 2.10. The van der Waals surface area contributed by atoms with Crippen molar-refractivity contribution in [2.75, 3.05) is 23.9 Å². The van der Waals surface area contributed by atoms with E-state index in [2.05, 4.69) is 29.4 Å². The van der Waals surface area contributed by atoms with Crippen LogP contribution in [0.2, 0.25) is 0 Å². The monoisotopic (exact) mass is 373 g/mol. The van der Waals surface area contributed by atoms with Crippen molar-refractivity contribution in [3.8, 4) is 0 Å². The Morgan fingerprint density at radius 3 is 2.58 bits per heavy atom. The van der Waals surface area contributed by atoms with Gasteiger partial charge in [-0.2, -0.15) is 0 Å². The van der Waals surface area contributed by atoms with Gasteiger partial charge < -0.3 is 10.2 Å². The van der Waals surface area contributed by atoms with Gasteiger partial charge in [-0.3, -0.25) is 9.78 Å². The summed E-state index contributed by atoms with van der Waals surface area (Å²) in [5.41, 5.74) is 3.33. The summed E-state index contributed by atoms with van der Waals surface area (Å²) < 4.78 is 23.3. The summed E-state index contributed by atoms with van der Waals surface area (Å²) in [4.78, 5) is 18.4. The van der Waals surface area contributed by atoms with Crippen molar-refractivity contribution in [3.05, 3.63) is 53.9 Å². The van der Waals surface area contributed by atoms with Gasteiger partial charge in [-0.15, -0.1) is 0 Å². The van der Waals surface area contributed by atoms with Crippen molar-refractivity contribution in [2.45, 2.75) is 25.8 Å². The molecule has 1 aliphatic rings. The van der Waals surface area contributed by atoms with Gasteiger partial charge in [-0.25, -0.2) is 8.42 Å². The number of carbonyl (C=O) groups excluding carboxylic acids is 1. The van der Waals surface area contributed by atoms with Crippen molar-refractivity contribution in [1.29, 1.82) is 0 Å². The van der Waals surface area contributed by atoms with Gasteiger partial charge in [0.25, 0.3) is 5.91 Å². The van der Waals surface area contributed by atoms with Gasteiger partial charge in [0.05, 0.1) is 29.0 Å². The third-order valence-corrected chi connectivity index (χ3v) is 6.46. The minimum atomic E-state index is -3.03. The van der Waals surface area contributed by atoms with E-state index in [4.69, 9.17) is 0 Å². The van der Waals surface area contributed by atoms with E-state index in [-0.39, 0.29) is 23.5 Å². The molecule has 2 heterocycles. The number of amides is 1. The quantitative estimate of drug-likeness (QED) is 0.872. The highest BCUT2D eigenvalue weighted by molar-refractivity contribution is 7.91. The van der Waals surface area contributed by atoms with Crippen LogP contribution in [0.4, 0.5) is 11.4 Å². The molecule has 1 saturated heterocycles. The largest absolute Gasteiger partial charge is 0.354 e. The maximum atomic E-state index is 12.7. The fourth-order valence-electron chi connectivity index (χ4n) is 3.07. The molecule has 0 radical (unpaired) electrons.